The van der Waals surface area contributed by atoms with Crippen LogP contribution in [-0.2, 0) is 36.8 Å². The lowest BCUT2D eigenvalue weighted by molar-refractivity contribution is -0.124. The van der Waals surface area contributed by atoms with E-state index >= 15 is 0 Å². The second-order valence-corrected chi connectivity index (χ2v) is 22.4. The number of anilines is 1. The SMILES string of the molecule is CCCCCCCCCCCCOc1cccc2c1C(=O)c1c(OCCCCCCCCCCCC)ccc(NCCN(CC(=O)NCP(=O)(OCC)OCC)CC(=O)NCP(=O)(OCC)OCC)c1C2=O. The molecule has 408 valence electrons. The summed E-state index contributed by atoms with van der Waals surface area (Å²) in [5, 5.41) is 8.51. The average Bonchev–Trinajstić information content (AvgIpc) is 3.35. The zero-order valence-corrected chi connectivity index (χ0v) is 46.5. The molecule has 0 aliphatic heterocycles. The van der Waals surface area contributed by atoms with Gasteiger partial charge in [-0.15, -0.1) is 0 Å². The number of hydrogen-bond acceptors (Lipinski definition) is 14. The minimum absolute atomic E-state index is 0.0887. The number of carbonyl (C=O) groups is 4. The van der Waals surface area contributed by atoms with E-state index in [9.17, 15) is 28.3 Å². The Morgan fingerprint density at radius 1 is 0.500 bits per heavy atom. The van der Waals surface area contributed by atoms with Gasteiger partial charge in [0.1, 0.15) is 24.1 Å². The highest BCUT2D eigenvalue weighted by atomic mass is 31.2. The van der Waals surface area contributed by atoms with E-state index in [1.807, 2.05) is 0 Å². The molecule has 0 radical (unpaired) electrons. The molecule has 1 aliphatic carbocycles. The molecular formula is C54H90N4O12P2. The minimum Gasteiger partial charge on any atom is -0.493 e. The normalized spacial score (nSPS) is 12.5. The highest BCUT2D eigenvalue weighted by Crippen LogP contribution is 2.47. The van der Waals surface area contributed by atoms with Crippen LogP contribution in [0.3, 0.4) is 0 Å². The van der Waals surface area contributed by atoms with Gasteiger partial charge in [0.2, 0.25) is 17.6 Å². The molecule has 18 heteroatoms. The zero-order chi connectivity index (χ0) is 52.5. The third kappa shape index (κ3) is 22.9. The van der Waals surface area contributed by atoms with Crippen molar-refractivity contribution in [3.05, 3.63) is 52.6 Å². The Morgan fingerprint density at radius 3 is 1.35 bits per heavy atom. The van der Waals surface area contributed by atoms with Crippen LogP contribution in [0.2, 0.25) is 0 Å². The summed E-state index contributed by atoms with van der Waals surface area (Å²) in [6.07, 6.45) is 22.8. The Kier molecular flexibility index (Phi) is 31.6. The molecule has 0 unspecified atom stereocenters. The maximum atomic E-state index is 14.8. The van der Waals surface area contributed by atoms with Crippen molar-refractivity contribution in [2.75, 3.05) is 83.7 Å². The lowest BCUT2D eigenvalue weighted by atomic mass is 9.82. The minimum atomic E-state index is -3.62. The van der Waals surface area contributed by atoms with Crippen molar-refractivity contribution >= 4 is 44.3 Å². The first-order valence-corrected chi connectivity index (χ1v) is 30.8. The first-order chi connectivity index (χ1) is 34.9. The fourth-order valence-electron chi connectivity index (χ4n) is 8.68. The van der Waals surface area contributed by atoms with Crippen molar-refractivity contribution in [2.45, 2.75) is 170 Å². The van der Waals surface area contributed by atoms with Gasteiger partial charge in [-0.3, -0.25) is 33.2 Å². The number of fused-ring (bicyclic) bond motifs is 2. The molecule has 0 heterocycles. The lowest BCUT2D eigenvalue weighted by Gasteiger charge is -2.26. The van der Waals surface area contributed by atoms with Crippen molar-refractivity contribution in [3.8, 4) is 11.5 Å². The fraction of sp³-hybridized carbons (Fsp3) is 0.704. The number of unbranched alkanes of at least 4 members (excludes halogenated alkanes) is 18. The van der Waals surface area contributed by atoms with Gasteiger partial charge in [-0.1, -0.05) is 142 Å². The van der Waals surface area contributed by atoms with E-state index in [0.717, 1.165) is 38.5 Å². The quantitative estimate of drug-likeness (QED) is 0.0357. The van der Waals surface area contributed by atoms with Gasteiger partial charge in [0, 0.05) is 24.3 Å². The van der Waals surface area contributed by atoms with Gasteiger partial charge in [0.15, 0.2) is 5.78 Å². The molecule has 0 atom stereocenters. The Balaban J connectivity index is 1.82. The van der Waals surface area contributed by atoms with Crippen LogP contribution in [-0.4, -0.2) is 107 Å². The number of nitrogens with one attached hydrogen (secondary N) is 3. The molecule has 2 aromatic carbocycles. The number of ketones is 2. The smallest absolute Gasteiger partial charge is 0.349 e. The first-order valence-electron chi connectivity index (χ1n) is 27.3. The summed E-state index contributed by atoms with van der Waals surface area (Å²) in [5.41, 5.74) is 1.19. The van der Waals surface area contributed by atoms with E-state index in [2.05, 4.69) is 29.8 Å². The molecular weight excluding hydrogens is 959 g/mol. The predicted octanol–water partition coefficient (Wildman–Crippen LogP) is 12.5. The van der Waals surface area contributed by atoms with Crippen LogP contribution in [0.1, 0.15) is 202 Å². The summed E-state index contributed by atoms with van der Waals surface area (Å²) < 4.78 is 60.1. The van der Waals surface area contributed by atoms with Crippen molar-refractivity contribution in [1.29, 1.82) is 0 Å². The second-order valence-electron chi connectivity index (χ2n) is 18.3. The van der Waals surface area contributed by atoms with Crippen LogP contribution >= 0.6 is 15.2 Å². The van der Waals surface area contributed by atoms with Gasteiger partial charge in [-0.25, -0.2) is 0 Å². The molecule has 2 aromatic rings. The van der Waals surface area contributed by atoms with Crippen LogP contribution < -0.4 is 25.4 Å². The first kappa shape index (κ1) is 62.7. The van der Waals surface area contributed by atoms with Gasteiger partial charge >= 0.3 is 15.2 Å². The Morgan fingerprint density at radius 2 is 0.917 bits per heavy atom. The number of carbonyl (C=O) groups excluding carboxylic acids is 4. The summed E-state index contributed by atoms with van der Waals surface area (Å²) in [5.74, 6) is -1.13. The van der Waals surface area contributed by atoms with Gasteiger partial charge in [-0.2, -0.15) is 0 Å². The monoisotopic (exact) mass is 1050 g/mol. The standard InChI is InChI=1S/C54H90N4O12P2/c1-7-13-15-17-19-21-23-25-27-29-38-65-46-33-31-32-44-50(46)54(62)52-47(66-39-30-28-26-24-22-20-18-16-14-8-2)35-34-45(51(52)53(44)61)55-36-37-58(40-48(59)56-42-71(63,67-9-3)68-10-4)41-49(60)57-43-72(64,69-11-5)70-12-6/h31-35,55H,7-30,36-43H2,1-6H3,(H,56,59)(H,57,60). The molecule has 0 aromatic heterocycles. The van der Waals surface area contributed by atoms with E-state index in [4.69, 9.17) is 27.6 Å². The van der Waals surface area contributed by atoms with E-state index < -0.39 is 27.0 Å². The molecule has 3 N–H and O–H groups in total. The zero-order valence-electron chi connectivity index (χ0n) is 44.8. The molecule has 0 bridgehead atoms. The summed E-state index contributed by atoms with van der Waals surface area (Å²) in [7, 11) is -7.23. The number of benzene rings is 2. The molecule has 16 nitrogen and oxygen atoms in total. The Bertz CT molecular complexity index is 1950. The molecule has 0 saturated heterocycles. The summed E-state index contributed by atoms with van der Waals surface area (Å²) in [6.45, 7) is 12.0. The van der Waals surface area contributed by atoms with Crippen LogP contribution in [0.15, 0.2) is 30.3 Å². The van der Waals surface area contributed by atoms with Crippen LogP contribution in [0.25, 0.3) is 0 Å². The number of ether oxygens (including phenoxy) is 2. The third-order valence-corrected chi connectivity index (χ3v) is 16.0. The maximum Gasteiger partial charge on any atom is 0.349 e. The fourth-order valence-corrected chi connectivity index (χ4v) is 11.5. The van der Waals surface area contributed by atoms with Crippen molar-refractivity contribution < 1.29 is 55.9 Å². The molecule has 3 rings (SSSR count). The number of rotatable bonds is 44. The van der Waals surface area contributed by atoms with E-state index in [-0.39, 0.29) is 99.0 Å². The van der Waals surface area contributed by atoms with Gasteiger partial charge in [-0.05, 0) is 58.7 Å². The average molecular weight is 1050 g/mol. The largest absolute Gasteiger partial charge is 0.493 e. The Hall–Kier alpha value is -3.62. The molecule has 0 fully saturated rings. The van der Waals surface area contributed by atoms with Gasteiger partial charge in [0.05, 0.1) is 69.4 Å². The third-order valence-electron chi connectivity index (χ3n) is 12.4. The van der Waals surface area contributed by atoms with Gasteiger partial charge in [0.25, 0.3) is 0 Å². The number of hydrogen-bond donors (Lipinski definition) is 3. The summed E-state index contributed by atoms with van der Waals surface area (Å²) in [6, 6.07) is 8.56. The van der Waals surface area contributed by atoms with Crippen molar-refractivity contribution in [1.82, 2.24) is 15.5 Å². The van der Waals surface area contributed by atoms with Crippen LogP contribution in [0.4, 0.5) is 5.69 Å². The van der Waals surface area contributed by atoms with Crippen LogP contribution in [0, 0.1) is 0 Å². The highest BCUT2D eigenvalue weighted by Gasteiger charge is 2.37. The Labute approximate surface area is 431 Å². The topological polar surface area (TPSA) is 197 Å². The van der Waals surface area contributed by atoms with E-state index in [1.165, 1.54) is 94.8 Å². The predicted molar refractivity (Wildman–Crippen MR) is 287 cm³/mol. The molecule has 0 saturated carbocycles. The van der Waals surface area contributed by atoms with E-state index in [1.54, 1.807) is 58.0 Å². The van der Waals surface area contributed by atoms with Gasteiger partial charge < -0.3 is 43.5 Å². The van der Waals surface area contributed by atoms with Crippen molar-refractivity contribution in [3.63, 3.8) is 0 Å². The number of amides is 2. The summed E-state index contributed by atoms with van der Waals surface area (Å²) >= 11 is 0. The highest BCUT2D eigenvalue weighted by molar-refractivity contribution is 7.54. The summed E-state index contributed by atoms with van der Waals surface area (Å²) in [4.78, 5) is 57.7. The molecule has 0 spiro atoms. The maximum absolute atomic E-state index is 14.8. The van der Waals surface area contributed by atoms with Crippen LogP contribution in [0.5, 0.6) is 11.5 Å². The molecule has 72 heavy (non-hydrogen) atoms. The molecule has 1 aliphatic rings. The second kappa shape index (κ2) is 36.3. The lowest BCUT2D eigenvalue weighted by Crippen LogP contribution is -2.45. The number of nitrogens with zero attached hydrogens (tertiary/aromatic N) is 1. The van der Waals surface area contributed by atoms with Crippen molar-refractivity contribution in [2.24, 2.45) is 0 Å². The molecule has 2 amide bonds. The van der Waals surface area contributed by atoms with E-state index in [0.29, 0.717) is 30.4 Å².